The van der Waals surface area contributed by atoms with E-state index in [1.807, 2.05) is 55.6 Å². The standard InChI is InChI=1S/C21H21N5OS/c1-3-14-11-8-12-16-17(13-22-18(14)16)19(27)20(15-9-6-5-7-10-15)28-21-23-24-25-26(21)4-2/h5-13,20,22H,3-4H2,1-2H3/t20-/m1/s1. The van der Waals surface area contributed by atoms with E-state index in [-0.39, 0.29) is 5.78 Å². The highest BCUT2D eigenvalue weighted by Crippen LogP contribution is 2.38. The zero-order valence-electron chi connectivity index (χ0n) is 15.8. The van der Waals surface area contributed by atoms with Gasteiger partial charge in [-0.25, -0.2) is 4.68 Å². The Kier molecular flexibility index (Phi) is 5.25. The highest BCUT2D eigenvalue weighted by molar-refractivity contribution is 8.00. The van der Waals surface area contributed by atoms with Crippen molar-refractivity contribution in [2.24, 2.45) is 0 Å². The van der Waals surface area contributed by atoms with E-state index < -0.39 is 5.25 Å². The summed E-state index contributed by atoms with van der Waals surface area (Å²) in [6.07, 6.45) is 2.74. The molecule has 28 heavy (non-hydrogen) atoms. The summed E-state index contributed by atoms with van der Waals surface area (Å²) in [5, 5.41) is 13.0. The highest BCUT2D eigenvalue weighted by atomic mass is 32.2. The third-order valence-corrected chi connectivity index (χ3v) is 6.04. The molecule has 0 aliphatic rings. The highest BCUT2D eigenvalue weighted by Gasteiger charge is 2.27. The number of benzene rings is 2. The van der Waals surface area contributed by atoms with Gasteiger partial charge in [-0.15, -0.1) is 5.10 Å². The zero-order chi connectivity index (χ0) is 19.5. The van der Waals surface area contributed by atoms with Gasteiger partial charge in [-0.3, -0.25) is 4.79 Å². The Morgan fingerprint density at radius 3 is 2.71 bits per heavy atom. The largest absolute Gasteiger partial charge is 0.360 e. The number of aryl methyl sites for hydroxylation is 2. The molecule has 2 aromatic heterocycles. The van der Waals surface area contributed by atoms with Crippen LogP contribution in [0.15, 0.2) is 59.9 Å². The molecule has 6 nitrogen and oxygen atoms in total. The smallest absolute Gasteiger partial charge is 0.210 e. The van der Waals surface area contributed by atoms with Crippen molar-refractivity contribution in [2.75, 3.05) is 0 Å². The Morgan fingerprint density at radius 1 is 1.14 bits per heavy atom. The average Bonchev–Trinajstić information content (AvgIpc) is 3.38. The summed E-state index contributed by atoms with van der Waals surface area (Å²) in [7, 11) is 0. The summed E-state index contributed by atoms with van der Waals surface area (Å²) in [5.41, 5.74) is 3.87. The zero-order valence-corrected chi connectivity index (χ0v) is 16.6. The van der Waals surface area contributed by atoms with Crippen LogP contribution in [0.25, 0.3) is 10.9 Å². The van der Waals surface area contributed by atoms with Crippen molar-refractivity contribution in [2.45, 2.75) is 37.2 Å². The van der Waals surface area contributed by atoms with Crippen LogP contribution in [-0.4, -0.2) is 31.0 Å². The van der Waals surface area contributed by atoms with Crippen LogP contribution in [-0.2, 0) is 13.0 Å². The van der Waals surface area contributed by atoms with Gasteiger partial charge < -0.3 is 4.98 Å². The van der Waals surface area contributed by atoms with Gasteiger partial charge in [0.1, 0.15) is 5.25 Å². The summed E-state index contributed by atoms with van der Waals surface area (Å²) >= 11 is 1.39. The molecule has 0 unspecified atom stereocenters. The van der Waals surface area contributed by atoms with Crippen LogP contribution >= 0.6 is 11.8 Å². The number of Topliss-reactive ketones (excluding diaryl/α,β-unsaturated/α-hetero) is 1. The minimum Gasteiger partial charge on any atom is -0.360 e. The number of carbonyl (C=O) groups excluding carboxylic acids is 1. The summed E-state index contributed by atoms with van der Waals surface area (Å²) in [6, 6.07) is 15.9. The van der Waals surface area contributed by atoms with E-state index in [1.54, 1.807) is 4.68 Å². The molecular formula is C21H21N5OS. The van der Waals surface area contributed by atoms with E-state index in [4.69, 9.17) is 0 Å². The van der Waals surface area contributed by atoms with Crippen molar-refractivity contribution >= 4 is 28.4 Å². The fraction of sp³-hybridized carbons (Fsp3) is 0.238. The fourth-order valence-corrected chi connectivity index (χ4v) is 4.45. The summed E-state index contributed by atoms with van der Waals surface area (Å²) in [6.45, 7) is 4.74. The topological polar surface area (TPSA) is 76.5 Å². The van der Waals surface area contributed by atoms with Crippen LogP contribution in [0.4, 0.5) is 0 Å². The molecule has 0 amide bonds. The molecule has 0 saturated heterocycles. The number of nitrogens with one attached hydrogen (secondary N) is 1. The molecule has 1 N–H and O–H groups in total. The summed E-state index contributed by atoms with van der Waals surface area (Å²) in [5.74, 6) is 0.0429. The van der Waals surface area contributed by atoms with Crippen LogP contribution in [0, 0.1) is 0 Å². The van der Waals surface area contributed by atoms with Gasteiger partial charge in [-0.1, -0.05) is 67.2 Å². The summed E-state index contributed by atoms with van der Waals surface area (Å²) < 4.78 is 1.71. The first kappa shape index (κ1) is 18.4. The van der Waals surface area contributed by atoms with Crippen molar-refractivity contribution in [1.82, 2.24) is 25.2 Å². The second kappa shape index (κ2) is 7.98. The van der Waals surface area contributed by atoms with E-state index in [0.29, 0.717) is 17.3 Å². The van der Waals surface area contributed by atoms with Gasteiger partial charge in [0.15, 0.2) is 5.78 Å². The molecule has 1 atom stereocenters. The number of hydrogen-bond acceptors (Lipinski definition) is 5. The molecule has 0 radical (unpaired) electrons. The molecule has 0 bridgehead atoms. The Morgan fingerprint density at radius 2 is 1.96 bits per heavy atom. The molecule has 7 heteroatoms. The Balaban J connectivity index is 1.77. The number of rotatable bonds is 7. The molecule has 142 valence electrons. The number of fused-ring (bicyclic) bond motifs is 1. The molecule has 4 aromatic rings. The molecule has 4 rings (SSSR count). The third kappa shape index (κ3) is 3.33. The maximum atomic E-state index is 13.6. The van der Waals surface area contributed by atoms with Gasteiger partial charge in [0.2, 0.25) is 5.16 Å². The van der Waals surface area contributed by atoms with Crippen LogP contribution in [0.1, 0.15) is 40.6 Å². The van der Waals surface area contributed by atoms with Crippen LogP contribution in [0.2, 0.25) is 0 Å². The average molecular weight is 392 g/mol. The maximum Gasteiger partial charge on any atom is 0.210 e. The molecule has 2 heterocycles. The van der Waals surface area contributed by atoms with Gasteiger partial charge in [0.05, 0.1) is 0 Å². The third-order valence-electron chi connectivity index (χ3n) is 4.81. The monoisotopic (exact) mass is 391 g/mol. The Hall–Kier alpha value is -2.93. The van der Waals surface area contributed by atoms with Crippen molar-refractivity contribution in [3.8, 4) is 0 Å². The number of para-hydroxylation sites is 1. The number of H-pyrrole nitrogens is 1. The predicted molar refractivity (Wildman–Crippen MR) is 111 cm³/mol. The van der Waals surface area contributed by atoms with Crippen LogP contribution in [0.5, 0.6) is 0 Å². The lowest BCUT2D eigenvalue weighted by atomic mass is 10.0. The lowest BCUT2D eigenvalue weighted by molar-refractivity contribution is 0.0991. The second-order valence-corrected chi connectivity index (χ2v) is 7.52. The molecule has 0 spiro atoms. The number of aromatic amines is 1. The minimum atomic E-state index is -0.429. The van der Waals surface area contributed by atoms with Crippen LogP contribution in [0.3, 0.4) is 0 Å². The number of thioether (sulfide) groups is 1. The number of ketones is 1. The van der Waals surface area contributed by atoms with E-state index >= 15 is 0 Å². The molecule has 2 aromatic carbocycles. The quantitative estimate of drug-likeness (QED) is 0.372. The van der Waals surface area contributed by atoms with E-state index in [0.717, 1.165) is 22.9 Å². The Labute approximate surface area is 167 Å². The Bertz CT molecular complexity index is 1100. The van der Waals surface area contributed by atoms with Gasteiger partial charge in [-0.2, -0.15) is 0 Å². The fourth-order valence-electron chi connectivity index (χ4n) is 3.34. The molecule has 0 fully saturated rings. The SMILES string of the molecule is CCc1cccc2c(C(=O)[C@H](Sc3nnnn3CC)c3ccccc3)c[nH]c12. The first-order chi connectivity index (χ1) is 13.7. The number of hydrogen-bond donors (Lipinski definition) is 1. The molecule has 0 saturated carbocycles. The first-order valence-corrected chi connectivity index (χ1v) is 10.2. The van der Waals surface area contributed by atoms with E-state index in [2.05, 4.69) is 33.5 Å². The van der Waals surface area contributed by atoms with Gasteiger partial charge in [0, 0.05) is 29.2 Å². The number of aromatic nitrogens is 5. The van der Waals surface area contributed by atoms with Crippen molar-refractivity contribution in [3.63, 3.8) is 0 Å². The van der Waals surface area contributed by atoms with Crippen molar-refractivity contribution < 1.29 is 4.79 Å². The molecule has 0 aliphatic heterocycles. The first-order valence-electron chi connectivity index (χ1n) is 9.33. The van der Waals surface area contributed by atoms with E-state index in [9.17, 15) is 4.79 Å². The van der Waals surface area contributed by atoms with Gasteiger partial charge >= 0.3 is 0 Å². The molecule has 0 aliphatic carbocycles. The number of tetrazole rings is 1. The van der Waals surface area contributed by atoms with Crippen LogP contribution < -0.4 is 0 Å². The van der Waals surface area contributed by atoms with Crippen molar-refractivity contribution in [3.05, 3.63) is 71.4 Å². The molecular weight excluding hydrogens is 370 g/mol. The van der Waals surface area contributed by atoms with E-state index in [1.165, 1.54) is 17.3 Å². The second-order valence-electron chi connectivity index (χ2n) is 6.45. The van der Waals surface area contributed by atoms with Gasteiger partial charge in [-0.05, 0) is 34.9 Å². The summed E-state index contributed by atoms with van der Waals surface area (Å²) in [4.78, 5) is 16.9. The maximum absolute atomic E-state index is 13.6. The number of carbonyl (C=O) groups is 1. The normalized spacial score (nSPS) is 12.4. The predicted octanol–water partition coefficient (Wildman–Crippen LogP) is 4.45. The number of nitrogens with zero attached hydrogens (tertiary/aromatic N) is 4. The van der Waals surface area contributed by atoms with Crippen molar-refractivity contribution in [1.29, 1.82) is 0 Å². The lowest BCUT2D eigenvalue weighted by Gasteiger charge is -2.15. The van der Waals surface area contributed by atoms with Gasteiger partial charge in [0.25, 0.3) is 0 Å². The minimum absolute atomic E-state index is 0.0429. The lowest BCUT2D eigenvalue weighted by Crippen LogP contribution is -2.11.